The Hall–Kier alpha value is -0.740. The highest BCUT2D eigenvalue weighted by Gasteiger charge is 2.05. The molecule has 1 N–H and O–H groups in total. The van der Waals surface area contributed by atoms with Crippen LogP contribution in [0.2, 0.25) is 20.4 Å². The Labute approximate surface area is 130 Å². The van der Waals surface area contributed by atoms with Crippen LogP contribution in [0.5, 0.6) is 0 Å². The van der Waals surface area contributed by atoms with E-state index in [-0.39, 0.29) is 5.28 Å². The van der Waals surface area contributed by atoms with Gasteiger partial charge in [0.05, 0.1) is 6.20 Å². The van der Waals surface area contributed by atoms with Crippen molar-refractivity contribution in [1.29, 1.82) is 0 Å². The molecular formula is C12H9Cl4N3. The summed E-state index contributed by atoms with van der Waals surface area (Å²) in [6.45, 7) is 0.619. The summed E-state index contributed by atoms with van der Waals surface area (Å²) >= 11 is 23.6. The molecule has 2 aromatic rings. The molecule has 0 unspecified atom stereocenters. The van der Waals surface area contributed by atoms with Crippen molar-refractivity contribution in [3.8, 4) is 0 Å². The number of rotatable bonds is 4. The molecule has 0 spiro atoms. The third-order valence-corrected chi connectivity index (χ3v) is 3.46. The van der Waals surface area contributed by atoms with Gasteiger partial charge < -0.3 is 5.32 Å². The van der Waals surface area contributed by atoms with Crippen LogP contribution in [-0.2, 0) is 6.42 Å². The van der Waals surface area contributed by atoms with Crippen LogP contribution >= 0.6 is 46.4 Å². The van der Waals surface area contributed by atoms with Crippen molar-refractivity contribution in [2.75, 3.05) is 11.9 Å². The van der Waals surface area contributed by atoms with Crippen molar-refractivity contribution < 1.29 is 0 Å². The second-order valence-electron chi connectivity index (χ2n) is 3.75. The van der Waals surface area contributed by atoms with Crippen LogP contribution in [0.25, 0.3) is 0 Å². The van der Waals surface area contributed by atoms with Crippen molar-refractivity contribution in [3.63, 3.8) is 0 Å². The molecule has 0 radical (unpaired) electrons. The average Bonchev–Trinajstić information content (AvgIpc) is 2.36. The lowest BCUT2D eigenvalue weighted by molar-refractivity contribution is 1.000. The van der Waals surface area contributed by atoms with Crippen molar-refractivity contribution >= 4 is 52.2 Å². The molecule has 0 aliphatic heterocycles. The summed E-state index contributed by atoms with van der Waals surface area (Å²) in [5, 5.41) is 4.92. The number of hydrogen-bond acceptors (Lipinski definition) is 3. The minimum Gasteiger partial charge on any atom is -0.368 e. The fourth-order valence-corrected chi connectivity index (χ4v) is 2.30. The second-order valence-corrected chi connectivity index (χ2v) is 5.34. The van der Waals surface area contributed by atoms with Gasteiger partial charge >= 0.3 is 0 Å². The summed E-state index contributed by atoms with van der Waals surface area (Å²) in [6, 6.07) is 5.41. The van der Waals surface area contributed by atoms with Crippen molar-refractivity contribution in [2.24, 2.45) is 0 Å². The van der Waals surface area contributed by atoms with Gasteiger partial charge in [-0.15, -0.1) is 0 Å². The van der Waals surface area contributed by atoms with E-state index >= 15 is 0 Å². The summed E-state index contributed by atoms with van der Waals surface area (Å²) in [5.74, 6) is 0.506. The number of nitrogens with zero attached hydrogens (tertiary/aromatic N) is 2. The fourth-order valence-electron chi connectivity index (χ4n) is 1.51. The van der Waals surface area contributed by atoms with Crippen LogP contribution in [0.1, 0.15) is 5.56 Å². The van der Waals surface area contributed by atoms with Gasteiger partial charge in [0.1, 0.15) is 10.8 Å². The van der Waals surface area contributed by atoms with Gasteiger partial charge in [-0.3, -0.25) is 0 Å². The first-order valence-electron chi connectivity index (χ1n) is 5.42. The highest BCUT2D eigenvalue weighted by atomic mass is 35.5. The van der Waals surface area contributed by atoms with Crippen LogP contribution in [-0.4, -0.2) is 16.5 Å². The maximum absolute atomic E-state index is 6.08. The zero-order valence-electron chi connectivity index (χ0n) is 9.63. The van der Waals surface area contributed by atoms with Gasteiger partial charge in [-0.25, -0.2) is 4.98 Å². The predicted octanol–water partition coefficient (Wildman–Crippen LogP) is 4.74. The molecule has 0 fully saturated rings. The Balaban J connectivity index is 1.98. The van der Waals surface area contributed by atoms with Crippen LogP contribution in [0.3, 0.4) is 0 Å². The van der Waals surface area contributed by atoms with Gasteiger partial charge in [0.15, 0.2) is 0 Å². The molecule has 0 atom stereocenters. The van der Waals surface area contributed by atoms with Crippen molar-refractivity contribution in [2.45, 2.75) is 6.42 Å². The highest BCUT2D eigenvalue weighted by Crippen LogP contribution is 2.22. The van der Waals surface area contributed by atoms with Crippen LogP contribution in [0.15, 0.2) is 24.4 Å². The standard InChI is InChI=1S/C12H9Cl4N3/c13-8-2-1-7(9(14)5-8)3-4-17-11-10(15)6-18-12(16)19-11/h1-2,5-6H,3-4H2,(H,17,18,19). The Kier molecular flexibility index (Phi) is 5.11. The Morgan fingerprint density at radius 2 is 1.84 bits per heavy atom. The maximum atomic E-state index is 6.08. The molecule has 0 aliphatic rings. The van der Waals surface area contributed by atoms with Crippen molar-refractivity contribution in [1.82, 2.24) is 9.97 Å². The first kappa shape index (κ1) is 14.7. The Morgan fingerprint density at radius 1 is 1.05 bits per heavy atom. The van der Waals surface area contributed by atoms with E-state index < -0.39 is 0 Å². The van der Waals surface area contributed by atoms with Gasteiger partial charge in [0.2, 0.25) is 5.28 Å². The summed E-state index contributed by atoms with van der Waals surface area (Å²) < 4.78 is 0. The molecule has 0 aliphatic carbocycles. The van der Waals surface area contributed by atoms with E-state index in [9.17, 15) is 0 Å². The summed E-state index contributed by atoms with van der Waals surface area (Å²) in [7, 11) is 0. The predicted molar refractivity (Wildman–Crippen MR) is 80.7 cm³/mol. The number of nitrogens with one attached hydrogen (secondary N) is 1. The smallest absolute Gasteiger partial charge is 0.224 e. The molecule has 1 heterocycles. The highest BCUT2D eigenvalue weighted by molar-refractivity contribution is 6.35. The SMILES string of the molecule is Clc1ccc(CCNc2nc(Cl)ncc2Cl)c(Cl)c1. The van der Waals surface area contributed by atoms with E-state index in [1.165, 1.54) is 6.20 Å². The van der Waals surface area contributed by atoms with E-state index in [1.54, 1.807) is 12.1 Å². The van der Waals surface area contributed by atoms with E-state index in [4.69, 9.17) is 46.4 Å². The molecule has 19 heavy (non-hydrogen) atoms. The monoisotopic (exact) mass is 335 g/mol. The zero-order chi connectivity index (χ0) is 13.8. The van der Waals surface area contributed by atoms with Crippen LogP contribution in [0.4, 0.5) is 5.82 Å². The minimum atomic E-state index is 0.149. The molecule has 1 aromatic carbocycles. The number of benzene rings is 1. The molecule has 0 saturated heterocycles. The molecular weight excluding hydrogens is 328 g/mol. The van der Waals surface area contributed by atoms with Gasteiger partial charge in [-0.05, 0) is 35.7 Å². The summed E-state index contributed by atoms with van der Waals surface area (Å²) in [4.78, 5) is 7.77. The first-order chi connectivity index (χ1) is 9.06. The number of aromatic nitrogens is 2. The fraction of sp³-hybridized carbons (Fsp3) is 0.167. The number of halogens is 4. The molecule has 1 aromatic heterocycles. The van der Waals surface area contributed by atoms with Crippen LogP contribution in [0, 0.1) is 0 Å². The zero-order valence-corrected chi connectivity index (χ0v) is 12.7. The minimum absolute atomic E-state index is 0.149. The number of hydrogen-bond donors (Lipinski definition) is 1. The number of anilines is 1. The maximum Gasteiger partial charge on any atom is 0.224 e. The quantitative estimate of drug-likeness (QED) is 0.819. The van der Waals surface area contributed by atoms with Gasteiger partial charge in [0.25, 0.3) is 0 Å². The van der Waals surface area contributed by atoms with E-state index in [1.807, 2.05) is 6.07 Å². The average molecular weight is 337 g/mol. The lowest BCUT2D eigenvalue weighted by Gasteiger charge is -2.08. The molecule has 0 saturated carbocycles. The molecule has 0 amide bonds. The van der Waals surface area contributed by atoms with Crippen LogP contribution < -0.4 is 5.32 Å². The van der Waals surface area contributed by atoms with Gasteiger partial charge in [-0.2, -0.15) is 4.98 Å². The summed E-state index contributed by atoms with van der Waals surface area (Å²) in [5.41, 5.74) is 0.995. The molecule has 100 valence electrons. The third kappa shape index (κ3) is 4.11. The third-order valence-electron chi connectivity index (χ3n) is 2.42. The molecule has 2 rings (SSSR count). The van der Waals surface area contributed by atoms with Crippen molar-refractivity contribution in [3.05, 3.63) is 50.3 Å². The normalized spacial score (nSPS) is 10.5. The van der Waals surface area contributed by atoms with Gasteiger partial charge in [-0.1, -0.05) is 40.9 Å². The Morgan fingerprint density at radius 3 is 2.58 bits per heavy atom. The molecule has 7 heteroatoms. The largest absolute Gasteiger partial charge is 0.368 e. The molecule has 3 nitrogen and oxygen atoms in total. The lowest BCUT2D eigenvalue weighted by atomic mass is 10.1. The Bertz CT molecular complexity index is 589. The van der Waals surface area contributed by atoms with Gasteiger partial charge in [0, 0.05) is 16.6 Å². The topological polar surface area (TPSA) is 37.8 Å². The van der Waals surface area contributed by atoms with E-state index in [2.05, 4.69) is 15.3 Å². The van der Waals surface area contributed by atoms with E-state index in [0.717, 1.165) is 5.56 Å². The summed E-state index contributed by atoms with van der Waals surface area (Å²) in [6.07, 6.45) is 2.17. The van der Waals surface area contributed by atoms with E-state index in [0.29, 0.717) is 33.9 Å². The lowest BCUT2D eigenvalue weighted by Crippen LogP contribution is -2.07. The molecule has 0 bridgehead atoms. The first-order valence-corrected chi connectivity index (χ1v) is 6.93. The second kappa shape index (κ2) is 6.62.